The minimum absolute atomic E-state index is 0.0390. The Labute approximate surface area is 168 Å². The molecule has 0 saturated carbocycles. The van der Waals surface area contributed by atoms with Crippen LogP contribution in [-0.4, -0.2) is 5.78 Å². The van der Waals surface area contributed by atoms with E-state index in [2.05, 4.69) is 92.5 Å². The van der Waals surface area contributed by atoms with Gasteiger partial charge in [-0.3, -0.25) is 4.79 Å². The first-order chi connectivity index (χ1) is 12.7. The fraction of sp³-hybridized carbons (Fsp3) is 0.174. The predicted molar refractivity (Wildman–Crippen MR) is 109 cm³/mol. The fourth-order valence-corrected chi connectivity index (χ4v) is 8.64. The number of hydrogen-bond donors (Lipinski definition) is 0. The second-order valence-corrected chi connectivity index (χ2v) is 9.22. The first-order valence-corrected chi connectivity index (χ1v) is 10.6. The van der Waals surface area contributed by atoms with Crippen molar-refractivity contribution in [1.82, 2.24) is 0 Å². The van der Waals surface area contributed by atoms with Crippen LogP contribution in [0.4, 0.5) is 0 Å². The molecular formula is C23H14Br2O. The van der Waals surface area contributed by atoms with Crippen LogP contribution in [0.1, 0.15) is 47.8 Å². The van der Waals surface area contributed by atoms with E-state index < -0.39 is 10.8 Å². The van der Waals surface area contributed by atoms with Crippen LogP contribution in [0.5, 0.6) is 0 Å². The van der Waals surface area contributed by atoms with Crippen molar-refractivity contribution in [3.05, 3.63) is 106 Å². The normalized spacial score (nSPS) is 32.6. The van der Waals surface area contributed by atoms with Gasteiger partial charge in [0.15, 0.2) is 5.78 Å². The van der Waals surface area contributed by atoms with Crippen LogP contribution >= 0.6 is 31.9 Å². The molecule has 1 nitrogen and oxygen atoms in total. The number of hydrogen-bond acceptors (Lipinski definition) is 1. The lowest BCUT2D eigenvalue weighted by atomic mass is 9.64. The highest BCUT2D eigenvalue weighted by Crippen LogP contribution is 2.80. The van der Waals surface area contributed by atoms with Gasteiger partial charge in [-0.25, -0.2) is 0 Å². The maximum atomic E-state index is 14.0. The molecule has 0 bridgehead atoms. The molecule has 0 saturated heterocycles. The lowest BCUT2D eigenvalue weighted by Crippen LogP contribution is -2.43. The highest BCUT2D eigenvalue weighted by molar-refractivity contribution is 9.10. The molecule has 0 heterocycles. The second-order valence-electron chi connectivity index (χ2n) is 7.39. The molecule has 0 aromatic heterocycles. The molecule has 3 aliphatic rings. The summed E-state index contributed by atoms with van der Waals surface area (Å²) in [5.41, 5.74) is 5.95. The maximum Gasteiger partial charge on any atom is 0.173 e. The lowest BCUT2D eigenvalue weighted by molar-refractivity contribution is 0.0787. The van der Waals surface area contributed by atoms with E-state index in [1.165, 1.54) is 22.3 Å². The third-order valence-electron chi connectivity index (χ3n) is 6.65. The molecule has 0 N–H and O–H groups in total. The summed E-state index contributed by atoms with van der Waals surface area (Å²) in [6.07, 6.45) is 0. The van der Waals surface area contributed by atoms with Gasteiger partial charge in [0.05, 0.1) is 20.5 Å². The van der Waals surface area contributed by atoms with Gasteiger partial charge >= 0.3 is 0 Å². The number of carbonyl (C=O) groups is 1. The third-order valence-corrected chi connectivity index (χ3v) is 9.08. The van der Waals surface area contributed by atoms with E-state index in [0.717, 1.165) is 11.1 Å². The summed E-state index contributed by atoms with van der Waals surface area (Å²) in [6, 6.07) is 25.3. The zero-order valence-corrected chi connectivity index (χ0v) is 16.9. The topological polar surface area (TPSA) is 17.1 Å². The van der Waals surface area contributed by atoms with Crippen molar-refractivity contribution in [2.75, 3.05) is 0 Å². The number of benzene rings is 3. The molecule has 6 rings (SSSR count). The highest BCUT2D eigenvalue weighted by Gasteiger charge is 2.77. The number of ketones is 1. The van der Waals surface area contributed by atoms with Gasteiger partial charge in [-0.1, -0.05) is 105 Å². The van der Waals surface area contributed by atoms with Crippen molar-refractivity contribution >= 4 is 37.6 Å². The Balaban J connectivity index is 1.90. The molecule has 126 valence electrons. The van der Waals surface area contributed by atoms with Crippen LogP contribution in [-0.2, 0) is 5.41 Å². The molecule has 3 heteroatoms. The van der Waals surface area contributed by atoms with Gasteiger partial charge in [0.2, 0.25) is 0 Å². The molecule has 0 aliphatic heterocycles. The van der Waals surface area contributed by atoms with Gasteiger partial charge in [-0.15, -0.1) is 0 Å². The zero-order chi connectivity index (χ0) is 17.7. The number of alkyl halides is 2. The molecular weight excluding hydrogens is 452 g/mol. The number of Topliss-reactive ketones (excluding diaryl/α,β-unsaturated/α-hetero) is 1. The van der Waals surface area contributed by atoms with E-state index in [1.54, 1.807) is 0 Å². The molecule has 2 unspecified atom stereocenters. The summed E-state index contributed by atoms with van der Waals surface area (Å²) in [5.74, 6) is 0.240. The van der Waals surface area contributed by atoms with Crippen LogP contribution < -0.4 is 0 Å². The van der Waals surface area contributed by atoms with Crippen LogP contribution in [0.25, 0.3) is 0 Å². The summed E-state index contributed by atoms with van der Waals surface area (Å²) < 4.78 is 0. The molecule has 2 atom stereocenters. The molecule has 3 aliphatic carbocycles. The monoisotopic (exact) mass is 464 g/mol. The average Bonchev–Trinajstić information content (AvgIpc) is 3.18. The standard InChI is InChI=1S/C23H14Br2O/c24-19-13-7-1-4-10-16(13)22-17-11-5-2-8-14(17)20(25)23(19,22)21(26)15-9-3-6-12-18(15)22/h1-12,19-20H. The summed E-state index contributed by atoms with van der Waals surface area (Å²) >= 11 is 7.97. The number of carbonyl (C=O) groups excluding carboxylic acids is 1. The van der Waals surface area contributed by atoms with Crippen LogP contribution in [0, 0.1) is 5.41 Å². The van der Waals surface area contributed by atoms with E-state index in [9.17, 15) is 4.79 Å². The Bertz CT molecular complexity index is 1060. The Hall–Kier alpha value is -1.71. The number of fused-ring (bicyclic) bond motifs is 3. The smallest absolute Gasteiger partial charge is 0.173 e. The van der Waals surface area contributed by atoms with E-state index in [-0.39, 0.29) is 15.4 Å². The molecule has 0 spiro atoms. The zero-order valence-electron chi connectivity index (χ0n) is 13.7. The minimum atomic E-state index is -0.607. The second kappa shape index (κ2) is 4.76. The number of rotatable bonds is 0. The Morgan fingerprint density at radius 1 is 0.654 bits per heavy atom. The van der Waals surface area contributed by atoms with Crippen LogP contribution in [0.3, 0.4) is 0 Å². The van der Waals surface area contributed by atoms with Crippen molar-refractivity contribution in [2.24, 2.45) is 5.41 Å². The predicted octanol–water partition coefficient (Wildman–Crippen LogP) is 6.10. The van der Waals surface area contributed by atoms with E-state index in [0.29, 0.717) is 0 Å². The molecule has 0 amide bonds. The summed E-state index contributed by atoms with van der Waals surface area (Å²) in [7, 11) is 0. The maximum absolute atomic E-state index is 14.0. The first kappa shape index (κ1) is 15.4. The third kappa shape index (κ3) is 1.30. The quantitative estimate of drug-likeness (QED) is 0.366. The SMILES string of the molecule is O=C1c2ccccc2C23c4ccccc4C(Br)C12C(Br)c1ccccc13. The summed E-state index contributed by atoms with van der Waals surface area (Å²) in [5, 5.41) is 0. The molecule has 0 radical (unpaired) electrons. The molecule has 26 heavy (non-hydrogen) atoms. The van der Waals surface area contributed by atoms with Crippen molar-refractivity contribution in [3.8, 4) is 0 Å². The van der Waals surface area contributed by atoms with Crippen molar-refractivity contribution < 1.29 is 4.79 Å². The first-order valence-electron chi connectivity index (χ1n) is 8.78. The van der Waals surface area contributed by atoms with Gasteiger partial charge in [0, 0.05) is 5.56 Å². The average molecular weight is 466 g/mol. The van der Waals surface area contributed by atoms with Crippen molar-refractivity contribution in [2.45, 2.75) is 15.1 Å². The van der Waals surface area contributed by atoms with Crippen LogP contribution in [0.2, 0.25) is 0 Å². The van der Waals surface area contributed by atoms with Crippen LogP contribution in [0.15, 0.2) is 72.8 Å². The fourth-order valence-electron chi connectivity index (χ4n) is 5.85. The lowest BCUT2D eigenvalue weighted by Gasteiger charge is -2.39. The van der Waals surface area contributed by atoms with Gasteiger partial charge in [-0.05, 0) is 27.8 Å². The molecule has 3 aromatic rings. The van der Waals surface area contributed by atoms with Gasteiger partial charge in [0.1, 0.15) is 0 Å². The largest absolute Gasteiger partial charge is 0.293 e. The molecule has 3 aromatic carbocycles. The Morgan fingerprint density at radius 3 is 1.69 bits per heavy atom. The van der Waals surface area contributed by atoms with E-state index >= 15 is 0 Å². The molecule has 0 fully saturated rings. The Morgan fingerprint density at radius 2 is 1.12 bits per heavy atom. The van der Waals surface area contributed by atoms with Crippen molar-refractivity contribution in [1.29, 1.82) is 0 Å². The van der Waals surface area contributed by atoms with Gasteiger partial charge in [-0.2, -0.15) is 0 Å². The van der Waals surface area contributed by atoms with Gasteiger partial charge in [0.25, 0.3) is 0 Å². The van der Waals surface area contributed by atoms with E-state index in [1.807, 2.05) is 12.1 Å². The number of halogens is 2. The van der Waals surface area contributed by atoms with Crippen molar-refractivity contribution in [3.63, 3.8) is 0 Å². The minimum Gasteiger partial charge on any atom is -0.293 e. The summed E-state index contributed by atoms with van der Waals surface area (Å²) in [6.45, 7) is 0. The highest BCUT2D eigenvalue weighted by atomic mass is 79.9. The Kier molecular flexibility index (Phi) is 2.81. The van der Waals surface area contributed by atoms with E-state index in [4.69, 9.17) is 0 Å². The summed E-state index contributed by atoms with van der Waals surface area (Å²) in [4.78, 5) is 13.9. The van der Waals surface area contributed by atoms with Gasteiger partial charge < -0.3 is 0 Å².